The Morgan fingerprint density at radius 3 is 2.56 bits per heavy atom. The van der Waals surface area contributed by atoms with Gasteiger partial charge in [0.25, 0.3) is 0 Å². The second-order valence-electron chi connectivity index (χ2n) is 4.15. The molecule has 0 unspecified atom stereocenters. The first kappa shape index (κ1) is 12.8. The van der Waals surface area contributed by atoms with Crippen molar-refractivity contribution in [3.8, 4) is 11.4 Å². The highest BCUT2D eigenvalue weighted by atomic mass is 35.5. The highest BCUT2D eigenvalue weighted by molar-refractivity contribution is 6.30. The number of rotatable bonds is 4. The van der Waals surface area contributed by atoms with Crippen LogP contribution in [-0.2, 0) is 0 Å². The summed E-state index contributed by atoms with van der Waals surface area (Å²) in [5.41, 5.74) is 1.93. The largest absolute Gasteiger partial charge is 0.370 e. The third-order valence-electron chi connectivity index (χ3n) is 2.51. The van der Waals surface area contributed by atoms with Crippen LogP contribution in [0.1, 0.15) is 19.0 Å². The van der Waals surface area contributed by atoms with Gasteiger partial charge in [0.15, 0.2) is 5.82 Å². The molecule has 1 heterocycles. The Hall–Kier alpha value is -1.61. The molecule has 0 saturated heterocycles. The molecule has 2 aromatic rings. The van der Waals surface area contributed by atoms with Crippen LogP contribution in [0, 0.1) is 6.92 Å². The van der Waals surface area contributed by atoms with E-state index in [1.165, 1.54) is 0 Å². The summed E-state index contributed by atoms with van der Waals surface area (Å²) >= 11 is 5.88. The lowest BCUT2D eigenvalue weighted by atomic mass is 10.2. The minimum absolute atomic E-state index is 0.718. The molecule has 94 valence electrons. The van der Waals surface area contributed by atoms with E-state index < -0.39 is 0 Å². The average Bonchev–Trinajstić information content (AvgIpc) is 2.36. The SMILES string of the molecule is CCCNc1cc(C)nc(-c2ccc(Cl)cc2)n1. The highest BCUT2D eigenvalue weighted by Crippen LogP contribution is 2.20. The van der Waals surface area contributed by atoms with Gasteiger partial charge in [-0.25, -0.2) is 9.97 Å². The van der Waals surface area contributed by atoms with E-state index in [1.807, 2.05) is 37.3 Å². The van der Waals surface area contributed by atoms with Crippen LogP contribution in [0.2, 0.25) is 5.02 Å². The van der Waals surface area contributed by atoms with E-state index in [4.69, 9.17) is 11.6 Å². The monoisotopic (exact) mass is 261 g/mol. The summed E-state index contributed by atoms with van der Waals surface area (Å²) in [6.07, 6.45) is 1.07. The first-order valence-corrected chi connectivity index (χ1v) is 6.42. The van der Waals surface area contributed by atoms with Crippen LogP contribution in [0.5, 0.6) is 0 Å². The second-order valence-corrected chi connectivity index (χ2v) is 4.59. The number of halogens is 1. The van der Waals surface area contributed by atoms with Crippen molar-refractivity contribution in [1.29, 1.82) is 0 Å². The molecule has 0 aliphatic rings. The van der Waals surface area contributed by atoms with Crippen LogP contribution in [0.4, 0.5) is 5.82 Å². The molecule has 0 aliphatic heterocycles. The highest BCUT2D eigenvalue weighted by Gasteiger charge is 2.04. The maximum atomic E-state index is 5.88. The van der Waals surface area contributed by atoms with Crippen molar-refractivity contribution >= 4 is 17.4 Å². The van der Waals surface area contributed by atoms with E-state index in [2.05, 4.69) is 22.2 Å². The van der Waals surface area contributed by atoms with E-state index >= 15 is 0 Å². The number of nitrogens with zero attached hydrogens (tertiary/aromatic N) is 2. The molecule has 4 heteroatoms. The summed E-state index contributed by atoms with van der Waals surface area (Å²) < 4.78 is 0. The van der Waals surface area contributed by atoms with Gasteiger partial charge in [-0.3, -0.25) is 0 Å². The van der Waals surface area contributed by atoms with Gasteiger partial charge in [-0.15, -0.1) is 0 Å². The fourth-order valence-corrected chi connectivity index (χ4v) is 1.77. The van der Waals surface area contributed by atoms with Crippen LogP contribution in [0.25, 0.3) is 11.4 Å². The molecule has 0 aliphatic carbocycles. The number of anilines is 1. The summed E-state index contributed by atoms with van der Waals surface area (Å²) in [6, 6.07) is 9.51. The smallest absolute Gasteiger partial charge is 0.161 e. The van der Waals surface area contributed by atoms with Crippen molar-refractivity contribution in [1.82, 2.24) is 9.97 Å². The minimum atomic E-state index is 0.718. The maximum absolute atomic E-state index is 5.88. The predicted molar refractivity (Wildman–Crippen MR) is 76.0 cm³/mol. The first-order valence-electron chi connectivity index (χ1n) is 6.04. The number of hydrogen-bond donors (Lipinski definition) is 1. The van der Waals surface area contributed by atoms with Crippen LogP contribution in [0.15, 0.2) is 30.3 Å². The molecule has 0 bridgehead atoms. The average molecular weight is 262 g/mol. The van der Waals surface area contributed by atoms with E-state index in [9.17, 15) is 0 Å². The van der Waals surface area contributed by atoms with Crippen molar-refractivity contribution in [2.24, 2.45) is 0 Å². The quantitative estimate of drug-likeness (QED) is 0.906. The van der Waals surface area contributed by atoms with Crippen LogP contribution < -0.4 is 5.32 Å². The van der Waals surface area contributed by atoms with Gasteiger partial charge < -0.3 is 5.32 Å². The Morgan fingerprint density at radius 2 is 1.89 bits per heavy atom. The summed E-state index contributed by atoms with van der Waals surface area (Å²) in [6.45, 7) is 5.01. The zero-order valence-corrected chi connectivity index (χ0v) is 11.3. The maximum Gasteiger partial charge on any atom is 0.161 e. The number of benzene rings is 1. The lowest BCUT2D eigenvalue weighted by Crippen LogP contribution is -2.04. The van der Waals surface area contributed by atoms with E-state index in [-0.39, 0.29) is 0 Å². The van der Waals surface area contributed by atoms with Gasteiger partial charge in [0, 0.05) is 28.9 Å². The standard InChI is InChI=1S/C14H16ClN3/c1-3-8-16-13-9-10(2)17-14(18-13)11-4-6-12(15)7-5-11/h4-7,9H,3,8H2,1-2H3,(H,16,17,18). The summed E-state index contributed by atoms with van der Waals surface area (Å²) in [5.74, 6) is 1.60. The summed E-state index contributed by atoms with van der Waals surface area (Å²) in [5, 5.41) is 4.00. The number of aryl methyl sites for hydroxylation is 1. The Labute approximate surface area is 112 Å². The van der Waals surface area contributed by atoms with Crippen molar-refractivity contribution in [2.75, 3.05) is 11.9 Å². The molecule has 0 fully saturated rings. The molecule has 1 aromatic carbocycles. The predicted octanol–water partition coefficient (Wildman–Crippen LogP) is 3.93. The lowest BCUT2D eigenvalue weighted by Gasteiger charge is -2.07. The molecule has 1 N–H and O–H groups in total. The van der Waals surface area contributed by atoms with Gasteiger partial charge in [-0.2, -0.15) is 0 Å². The Bertz CT molecular complexity index is 523. The first-order chi connectivity index (χ1) is 8.69. The molecule has 0 amide bonds. The van der Waals surface area contributed by atoms with Crippen LogP contribution in [-0.4, -0.2) is 16.5 Å². The van der Waals surface area contributed by atoms with E-state index in [0.29, 0.717) is 0 Å². The fourth-order valence-electron chi connectivity index (χ4n) is 1.64. The van der Waals surface area contributed by atoms with Crippen molar-refractivity contribution in [2.45, 2.75) is 20.3 Å². The van der Waals surface area contributed by atoms with Crippen molar-refractivity contribution in [3.63, 3.8) is 0 Å². The summed E-state index contributed by atoms with van der Waals surface area (Å²) in [7, 11) is 0. The van der Waals surface area contributed by atoms with Gasteiger partial charge in [0.05, 0.1) is 0 Å². The zero-order valence-electron chi connectivity index (χ0n) is 10.6. The van der Waals surface area contributed by atoms with E-state index in [1.54, 1.807) is 0 Å². The van der Waals surface area contributed by atoms with Crippen LogP contribution >= 0.6 is 11.6 Å². The molecule has 1 aromatic heterocycles. The second kappa shape index (κ2) is 5.83. The topological polar surface area (TPSA) is 37.8 Å². The summed E-state index contributed by atoms with van der Waals surface area (Å²) in [4.78, 5) is 8.95. The lowest BCUT2D eigenvalue weighted by molar-refractivity contribution is 0.962. The van der Waals surface area contributed by atoms with E-state index in [0.717, 1.165) is 40.9 Å². The molecular weight excluding hydrogens is 246 g/mol. The van der Waals surface area contributed by atoms with Gasteiger partial charge in [0.2, 0.25) is 0 Å². The molecule has 2 rings (SSSR count). The van der Waals surface area contributed by atoms with Gasteiger partial charge in [-0.05, 0) is 37.6 Å². The van der Waals surface area contributed by atoms with Crippen molar-refractivity contribution < 1.29 is 0 Å². The van der Waals surface area contributed by atoms with Gasteiger partial charge in [0.1, 0.15) is 5.82 Å². The van der Waals surface area contributed by atoms with Gasteiger partial charge >= 0.3 is 0 Å². The molecule has 18 heavy (non-hydrogen) atoms. The molecule has 0 atom stereocenters. The van der Waals surface area contributed by atoms with Crippen LogP contribution in [0.3, 0.4) is 0 Å². The normalized spacial score (nSPS) is 10.4. The number of hydrogen-bond acceptors (Lipinski definition) is 3. The Balaban J connectivity index is 2.32. The third kappa shape index (κ3) is 3.20. The molecule has 0 radical (unpaired) electrons. The number of aromatic nitrogens is 2. The van der Waals surface area contributed by atoms with Crippen molar-refractivity contribution in [3.05, 3.63) is 41.0 Å². The molecule has 0 saturated carbocycles. The third-order valence-corrected chi connectivity index (χ3v) is 2.76. The molecule has 0 spiro atoms. The molecular formula is C14H16ClN3. The Morgan fingerprint density at radius 1 is 1.17 bits per heavy atom. The Kier molecular flexibility index (Phi) is 4.15. The zero-order chi connectivity index (χ0) is 13.0. The molecule has 3 nitrogen and oxygen atoms in total. The minimum Gasteiger partial charge on any atom is -0.370 e. The van der Waals surface area contributed by atoms with Gasteiger partial charge in [-0.1, -0.05) is 18.5 Å². The fraction of sp³-hybridized carbons (Fsp3) is 0.286. The number of nitrogens with one attached hydrogen (secondary N) is 1.